The number of rotatable bonds is 7. The molecule has 164 valence electrons. The summed E-state index contributed by atoms with van der Waals surface area (Å²) in [5.74, 6) is -1.60. The topological polar surface area (TPSA) is 98.5 Å². The molecule has 0 aliphatic heterocycles. The van der Waals surface area contributed by atoms with Crippen LogP contribution in [0.15, 0.2) is 72.8 Å². The third-order valence-electron chi connectivity index (χ3n) is 4.23. The summed E-state index contributed by atoms with van der Waals surface area (Å²) in [6.07, 6.45) is -4.62. The SMILES string of the molecule is O=C(c1ccccc1)c1cccc(NC(=O)c2cc(OCC(F)(F)F)ccc2[N+](=O)[O-])c1. The van der Waals surface area contributed by atoms with E-state index in [0.717, 1.165) is 18.2 Å². The van der Waals surface area contributed by atoms with E-state index in [-0.39, 0.29) is 22.8 Å². The second-order valence-corrected chi connectivity index (χ2v) is 6.57. The second kappa shape index (κ2) is 9.29. The van der Waals surface area contributed by atoms with Crippen LogP contribution in [0.25, 0.3) is 0 Å². The predicted octanol–water partition coefficient (Wildman–Crippen LogP) is 5.02. The number of nitrogens with one attached hydrogen (secondary N) is 1. The van der Waals surface area contributed by atoms with Gasteiger partial charge in [-0.15, -0.1) is 0 Å². The van der Waals surface area contributed by atoms with Crippen molar-refractivity contribution in [3.8, 4) is 5.75 Å². The number of ether oxygens (including phenoxy) is 1. The minimum Gasteiger partial charge on any atom is -0.484 e. The van der Waals surface area contributed by atoms with Gasteiger partial charge in [-0.05, 0) is 24.3 Å². The van der Waals surface area contributed by atoms with E-state index in [2.05, 4.69) is 10.1 Å². The third-order valence-corrected chi connectivity index (χ3v) is 4.23. The molecule has 1 amide bonds. The van der Waals surface area contributed by atoms with E-state index in [9.17, 15) is 32.9 Å². The highest BCUT2D eigenvalue weighted by atomic mass is 19.4. The summed E-state index contributed by atoms with van der Waals surface area (Å²) in [6.45, 7) is -1.62. The molecule has 0 saturated heterocycles. The van der Waals surface area contributed by atoms with Crippen LogP contribution >= 0.6 is 0 Å². The fourth-order valence-corrected chi connectivity index (χ4v) is 2.80. The molecule has 0 radical (unpaired) electrons. The molecule has 0 aliphatic rings. The Labute approximate surface area is 179 Å². The van der Waals surface area contributed by atoms with Crippen LogP contribution < -0.4 is 10.1 Å². The van der Waals surface area contributed by atoms with Gasteiger partial charge in [0.2, 0.25) is 0 Å². The number of carbonyl (C=O) groups excluding carboxylic acids is 2. The quantitative estimate of drug-likeness (QED) is 0.314. The predicted molar refractivity (Wildman–Crippen MR) is 109 cm³/mol. The molecule has 7 nitrogen and oxygen atoms in total. The van der Waals surface area contributed by atoms with E-state index in [0.29, 0.717) is 5.56 Å². The lowest BCUT2D eigenvalue weighted by molar-refractivity contribution is -0.385. The first-order valence-corrected chi connectivity index (χ1v) is 9.13. The highest BCUT2D eigenvalue weighted by molar-refractivity contribution is 6.11. The van der Waals surface area contributed by atoms with E-state index in [1.165, 1.54) is 18.2 Å². The molecular weight excluding hydrogens is 429 g/mol. The average Bonchev–Trinajstić information content (AvgIpc) is 2.77. The van der Waals surface area contributed by atoms with Crippen LogP contribution in [0.5, 0.6) is 5.75 Å². The summed E-state index contributed by atoms with van der Waals surface area (Å²) in [5.41, 5.74) is -0.229. The van der Waals surface area contributed by atoms with Gasteiger partial charge in [0.25, 0.3) is 11.6 Å². The summed E-state index contributed by atoms with van der Waals surface area (Å²) in [7, 11) is 0. The van der Waals surface area contributed by atoms with Gasteiger partial charge in [-0.1, -0.05) is 42.5 Å². The highest BCUT2D eigenvalue weighted by Crippen LogP contribution is 2.27. The summed E-state index contributed by atoms with van der Waals surface area (Å²) in [6, 6.07) is 17.0. The van der Waals surface area contributed by atoms with Crippen LogP contribution in [0.3, 0.4) is 0 Å². The number of amides is 1. The Kier molecular flexibility index (Phi) is 6.53. The summed E-state index contributed by atoms with van der Waals surface area (Å²) in [5, 5.41) is 13.7. The Morgan fingerprint density at radius 3 is 2.28 bits per heavy atom. The standard InChI is InChI=1S/C22H15F3N2O5/c23-22(24,25)13-32-17-9-10-19(27(30)31)18(12-17)21(29)26-16-8-4-7-15(11-16)20(28)14-5-2-1-3-6-14/h1-12H,13H2,(H,26,29). The Bertz CT molecular complexity index is 1160. The first-order chi connectivity index (χ1) is 15.1. The largest absolute Gasteiger partial charge is 0.484 e. The van der Waals surface area contributed by atoms with Crippen molar-refractivity contribution in [1.29, 1.82) is 0 Å². The van der Waals surface area contributed by atoms with Gasteiger partial charge < -0.3 is 10.1 Å². The van der Waals surface area contributed by atoms with E-state index in [4.69, 9.17) is 0 Å². The Hall–Kier alpha value is -4.21. The van der Waals surface area contributed by atoms with Crippen molar-refractivity contribution >= 4 is 23.1 Å². The molecule has 0 heterocycles. The number of nitro benzene ring substituents is 1. The van der Waals surface area contributed by atoms with Crippen molar-refractivity contribution in [2.24, 2.45) is 0 Å². The summed E-state index contributed by atoms with van der Waals surface area (Å²) >= 11 is 0. The number of hydrogen-bond donors (Lipinski definition) is 1. The number of nitro groups is 1. The van der Waals surface area contributed by atoms with Gasteiger partial charge in [0, 0.05) is 22.9 Å². The molecule has 3 aromatic carbocycles. The van der Waals surface area contributed by atoms with Crippen LogP contribution in [0.1, 0.15) is 26.3 Å². The van der Waals surface area contributed by atoms with Crippen LogP contribution in [0.4, 0.5) is 24.5 Å². The summed E-state index contributed by atoms with van der Waals surface area (Å²) in [4.78, 5) is 35.7. The Balaban J connectivity index is 1.85. The van der Waals surface area contributed by atoms with Gasteiger partial charge in [0.15, 0.2) is 12.4 Å². The molecular formula is C22H15F3N2O5. The van der Waals surface area contributed by atoms with Crippen molar-refractivity contribution in [2.45, 2.75) is 6.18 Å². The van der Waals surface area contributed by atoms with Crippen LogP contribution in [0.2, 0.25) is 0 Å². The van der Waals surface area contributed by atoms with E-state index >= 15 is 0 Å². The van der Waals surface area contributed by atoms with Crippen molar-refractivity contribution < 1.29 is 32.4 Å². The molecule has 0 aliphatic carbocycles. The number of hydrogen-bond acceptors (Lipinski definition) is 5. The molecule has 3 rings (SSSR count). The molecule has 3 aromatic rings. The van der Waals surface area contributed by atoms with Gasteiger partial charge in [-0.3, -0.25) is 19.7 Å². The number of anilines is 1. The van der Waals surface area contributed by atoms with E-state index < -0.39 is 34.9 Å². The zero-order valence-corrected chi connectivity index (χ0v) is 16.3. The minimum absolute atomic E-state index is 0.174. The Morgan fingerprint density at radius 1 is 0.938 bits per heavy atom. The number of carbonyl (C=O) groups is 2. The molecule has 0 spiro atoms. The van der Waals surface area contributed by atoms with Crippen LogP contribution in [-0.4, -0.2) is 29.4 Å². The molecule has 0 atom stereocenters. The minimum atomic E-state index is -4.62. The molecule has 0 saturated carbocycles. The lowest BCUT2D eigenvalue weighted by atomic mass is 10.0. The molecule has 0 unspecified atom stereocenters. The maximum absolute atomic E-state index is 12.7. The smallest absolute Gasteiger partial charge is 0.422 e. The first-order valence-electron chi connectivity index (χ1n) is 9.13. The van der Waals surface area contributed by atoms with E-state index in [1.54, 1.807) is 36.4 Å². The van der Waals surface area contributed by atoms with Crippen molar-refractivity contribution in [1.82, 2.24) is 0 Å². The molecule has 1 N–H and O–H groups in total. The lowest BCUT2D eigenvalue weighted by Gasteiger charge is -2.11. The number of alkyl halides is 3. The van der Waals surface area contributed by atoms with Gasteiger partial charge in [-0.2, -0.15) is 13.2 Å². The molecule has 0 fully saturated rings. The second-order valence-electron chi connectivity index (χ2n) is 6.57. The number of nitrogens with zero attached hydrogens (tertiary/aromatic N) is 1. The number of halogens is 3. The normalized spacial score (nSPS) is 11.0. The monoisotopic (exact) mass is 444 g/mol. The maximum Gasteiger partial charge on any atom is 0.422 e. The van der Waals surface area contributed by atoms with Crippen molar-refractivity contribution in [2.75, 3.05) is 11.9 Å². The first kappa shape index (κ1) is 22.5. The summed E-state index contributed by atoms with van der Waals surface area (Å²) < 4.78 is 41.7. The van der Waals surface area contributed by atoms with Gasteiger partial charge in [0.05, 0.1) is 4.92 Å². The molecule has 0 bridgehead atoms. The van der Waals surface area contributed by atoms with Crippen molar-refractivity contribution in [3.05, 3.63) is 99.6 Å². The molecule has 0 aromatic heterocycles. The molecule has 10 heteroatoms. The van der Waals surface area contributed by atoms with Gasteiger partial charge in [0.1, 0.15) is 11.3 Å². The zero-order chi connectivity index (χ0) is 23.3. The lowest BCUT2D eigenvalue weighted by Crippen LogP contribution is -2.20. The van der Waals surface area contributed by atoms with Crippen molar-refractivity contribution in [3.63, 3.8) is 0 Å². The highest BCUT2D eigenvalue weighted by Gasteiger charge is 2.29. The number of benzene rings is 3. The zero-order valence-electron chi connectivity index (χ0n) is 16.3. The number of ketones is 1. The van der Waals surface area contributed by atoms with Crippen LogP contribution in [0, 0.1) is 10.1 Å². The fourth-order valence-electron chi connectivity index (χ4n) is 2.80. The van der Waals surface area contributed by atoms with Gasteiger partial charge >= 0.3 is 6.18 Å². The van der Waals surface area contributed by atoms with E-state index in [1.807, 2.05) is 0 Å². The molecule has 32 heavy (non-hydrogen) atoms. The fraction of sp³-hybridized carbons (Fsp3) is 0.0909. The maximum atomic E-state index is 12.7. The Morgan fingerprint density at radius 2 is 1.62 bits per heavy atom. The van der Waals surface area contributed by atoms with Gasteiger partial charge in [-0.25, -0.2) is 0 Å². The van der Waals surface area contributed by atoms with Crippen LogP contribution in [-0.2, 0) is 0 Å². The third kappa shape index (κ3) is 5.69. The average molecular weight is 444 g/mol.